The van der Waals surface area contributed by atoms with Crippen molar-refractivity contribution in [2.75, 3.05) is 18.8 Å². The van der Waals surface area contributed by atoms with Crippen LogP contribution in [0.2, 0.25) is 0 Å². The molecule has 1 aromatic rings. The topological polar surface area (TPSA) is 101 Å². The summed E-state index contributed by atoms with van der Waals surface area (Å²) in [6, 6.07) is 3.41. The maximum absolute atomic E-state index is 12.4. The Morgan fingerprint density at radius 3 is 2.38 bits per heavy atom. The summed E-state index contributed by atoms with van der Waals surface area (Å²) in [4.78, 5) is 11.6. The van der Waals surface area contributed by atoms with Gasteiger partial charge in [0.1, 0.15) is 0 Å². The molecule has 0 saturated heterocycles. The highest BCUT2D eigenvalue weighted by Crippen LogP contribution is 2.25. The van der Waals surface area contributed by atoms with Gasteiger partial charge in [-0.15, -0.1) is 0 Å². The fourth-order valence-corrected chi connectivity index (χ4v) is 3.42. The van der Waals surface area contributed by atoms with Crippen LogP contribution in [0.3, 0.4) is 0 Å². The van der Waals surface area contributed by atoms with Gasteiger partial charge in [-0.1, -0.05) is 13.8 Å². The molecule has 0 radical (unpaired) electrons. The molecule has 0 saturated carbocycles. The number of anilines is 1. The second kappa shape index (κ2) is 7.42. The van der Waals surface area contributed by atoms with Crippen LogP contribution in [0.1, 0.15) is 31.9 Å². The minimum Gasteiger partial charge on any atom is -0.398 e. The molecule has 7 heteroatoms. The summed E-state index contributed by atoms with van der Waals surface area (Å²) in [5, 5.41) is 2.54. The molecule has 0 aliphatic rings. The number of nitrogens with two attached hydrogens (primary N) is 1. The molecule has 0 fully saturated rings. The quantitative estimate of drug-likeness (QED) is 0.648. The SMILES string of the molecule is CCNC(=O)CNS(=O)(=O)c1cc(CC)cc(N)c1CC. The average Bonchev–Trinajstić information content (AvgIpc) is 2.44. The van der Waals surface area contributed by atoms with E-state index in [0.717, 1.165) is 5.56 Å². The van der Waals surface area contributed by atoms with E-state index in [1.165, 1.54) is 0 Å². The minimum absolute atomic E-state index is 0.158. The standard InChI is InChI=1S/C14H23N3O3S/c1-4-10-7-12(15)11(5-2)13(8-10)21(19,20)17-9-14(18)16-6-3/h7-8,17H,4-6,9,15H2,1-3H3,(H,16,18). The summed E-state index contributed by atoms with van der Waals surface area (Å²) in [6.45, 7) is 5.72. The van der Waals surface area contributed by atoms with Gasteiger partial charge in [0.25, 0.3) is 0 Å². The first-order chi connectivity index (χ1) is 9.85. The van der Waals surface area contributed by atoms with Crippen LogP contribution >= 0.6 is 0 Å². The van der Waals surface area contributed by atoms with Gasteiger partial charge in [0, 0.05) is 12.2 Å². The van der Waals surface area contributed by atoms with E-state index >= 15 is 0 Å². The van der Waals surface area contributed by atoms with Gasteiger partial charge < -0.3 is 11.1 Å². The summed E-state index contributed by atoms with van der Waals surface area (Å²) >= 11 is 0. The number of benzene rings is 1. The van der Waals surface area contributed by atoms with Crippen molar-refractivity contribution >= 4 is 21.6 Å². The molecule has 0 aromatic heterocycles. The molecule has 118 valence electrons. The van der Waals surface area contributed by atoms with Crippen LogP contribution in [-0.4, -0.2) is 27.4 Å². The van der Waals surface area contributed by atoms with Crippen molar-refractivity contribution in [3.63, 3.8) is 0 Å². The van der Waals surface area contributed by atoms with Crippen LogP contribution in [-0.2, 0) is 27.7 Å². The van der Waals surface area contributed by atoms with Crippen LogP contribution in [0, 0.1) is 0 Å². The van der Waals surface area contributed by atoms with Crippen LogP contribution in [0.4, 0.5) is 5.69 Å². The number of carbonyl (C=O) groups is 1. The van der Waals surface area contributed by atoms with Crippen LogP contribution < -0.4 is 15.8 Å². The largest absolute Gasteiger partial charge is 0.398 e. The number of nitrogen functional groups attached to an aromatic ring is 1. The van der Waals surface area contributed by atoms with Crippen LogP contribution in [0.25, 0.3) is 0 Å². The van der Waals surface area contributed by atoms with Crippen molar-refractivity contribution in [1.29, 1.82) is 0 Å². The number of amides is 1. The maximum Gasteiger partial charge on any atom is 0.241 e. The Morgan fingerprint density at radius 1 is 1.19 bits per heavy atom. The van der Waals surface area contributed by atoms with E-state index in [0.29, 0.717) is 30.6 Å². The molecule has 0 atom stereocenters. The second-order valence-electron chi connectivity index (χ2n) is 4.65. The molecule has 0 unspecified atom stereocenters. The van der Waals surface area contributed by atoms with E-state index in [-0.39, 0.29) is 17.3 Å². The lowest BCUT2D eigenvalue weighted by Gasteiger charge is -2.14. The summed E-state index contributed by atoms with van der Waals surface area (Å²) in [7, 11) is -3.76. The Labute approximate surface area is 126 Å². The van der Waals surface area contributed by atoms with Gasteiger partial charge in [0.2, 0.25) is 15.9 Å². The normalized spacial score (nSPS) is 11.4. The second-order valence-corrected chi connectivity index (χ2v) is 6.38. The third-order valence-electron chi connectivity index (χ3n) is 3.15. The molecule has 1 amide bonds. The van der Waals surface area contributed by atoms with E-state index in [1.54, 1.807) is 19.1 Å². The van der Waals surface area contributed by atoms with E-state index in [1.807, 2.05) is 13.8 Å². The first kappa shape index (κ1) is 17.5. The first-order valence-electron chi connectivity index (χ1n) is 7.03. The molecule has 21 heavy (non-hydrogen) atoms. The summed E-state index contributed by atoms with van der Waals surface area (Å²) in [6.07, 6.45) is 1.19. The predicted octanol–water partition coefficient (Wildman–Crippen LogP) is 0.808. The van der Waals surface area contributed by atoms with Crippen molar-refractivity contribution in [3.8, 4) is 0 Å². The monoisotopic (exact) mass is 313 g/mol. The number of hydrogen-bond acceptors (Lipinski definition) is 4. The van der Waals surface area contributed by atoms with Gasteiger partial charge in [-0.25, -0.2) is 13.1 Å². The fraction of sp³-hybridized carbons (Fsp3) is 0.500. The van der Waals surface area contributed by atoms with Crippen LogP contribution in [0.5, 0.6) is 0 Å². The molecular formula is C14H23N3O3S. The minimum atomic E-state index is -3.76. The van der Waals surface area contributed by atoms with Gasteiger partial charge in [-0.2, -0.15) is 0 Å². The van der Waals surface area contributed by atoms with Crippen molar-refractivity contribution in [2.45, 2.75) is 38.5 Å². The van der Waals surface area contributed by atoms with Gasteiger partial charge in [-0.3, -0.25) is 4.79 Å². The Hall–Kier alpha value is -1.60. The van der Waals surface area contributed by atoms with Gasteiger partial charge >= 0.3 is 0 Å². The molecule has 4 N–H and O–H groups in total. The molecule has 6 nitrogen and oxygen atoms in total. The predicted molar refractivity (Wildman–Crippen MR) is 83.5 cm³/mol. The highest BCUT2D eigenvalue weighted by Gasteiger charge is 2.21. The Balaban J connectivity index is 3.12. The molecule has 0 aliphatic heterocycles. The highest BCUT2D eigenvalue weighted by atomic mass is 32.2. The zero-order chi connectivity index (χ0) is 16.0. The first-order valence-corrected chi connectivity index (χ1v) is 8.51. The number of aryl methyl sites for hydroxylation is 1. The molecular weight excluding hydrogens is 290 g/mol. The third kappa shape index (κ3) is 4.44. The number of rotatable bonds is 7. The van der Waals surface area contributed by atoms with E-state index in [4.69, 9.17) is 5.73 Å². The summed E-state index contributed by atoms with van der Waals surface area (Å²) < 4.78 is 27.1. The van der Waals surface area contributed by atoms with Gasteiger partial charge in [-0.05, 0) is 43.0 Å². The molecule has 0 spiro atoms. The average molecular weight is 313 g/mol. The zero-order valence-electron chi connectivity index (χ0n) is 12.7. The lowest BCUT2D eigenvalue weighted by atomic mass is 10.1. The molecule has 0 aliphatic carbocycles. The highest BCUT2D eigenvalue weighted by molar-refractivity contribution is 7.89. The van der Waals surface area contributed by atoms with E-state index < -0.39 is 10.0 Å². The smallest absolute Gasteiger partial charge is 0.241 e. The Kier molecular flexibility index (Phi) is 6.17. The third-order valence-corrected chi connectivity index (χ3v) is 4.62. The summed E-state index contributed by atoms with van der Waals surface area (Å²) in [5.41, 5.74) is 7.83. The van der Waals surface area contributed by atoms with Crippen LogP contribution in [0.15, 0.2) is 17.0 Å². The van der Waals surface area contributed by atoms with E-state index in [2.05, 4.69) is 10.0 Å². The lowest BCUT2D eigenvalue weighted by molar-refractivity contribution is -0.119. The van der Waals surface area contributed by atoms with Crippen molar-refractivity contribution in [3.05, 3.63) is 23.3 Å². The van der Waals surface area contributed by atoms with Crippen molar-refractivity contribution in [2.24, 2.45) is 0 Å². The Bertz CT molecular complexity index is 612. The number of hydrogen-bond donors (Lipinski definition) is 3. The maximum atomic E-state index is 12.4. The fourth-order valence-electron chi connectivity index (χ4n) is 2.05. The molecule has 0 heterocycles. The number of carbonyl (C=O) groups excluding carboxylic acids is 1. The number of likely N-dealkylation sites (N-methyl/N-ethyl adjacent to an activating group) is 1. The number of nitrogens with one attached hydrogen (secondary N) is 2. The zero-order valence-corrected chi connectivity index (χ0v) is 13.5. The Morgan fingerprint density at radius 2 is 1.86 bits per heavy atom. The summed E-state index contributed by atoms with van der Waals surface area (Å²) in [5.74, 6) is -0.362. The van der Waals surface area contributed by atoms with E-state index in [9.17, 15) is 13.2 Å². The van der Waals surface area contributed by atoms with Gasteiger partial charge in [0.15, 0.2) is 0 Å². The van der Waals surface area contributed by atoms with Crippen molar-refractivity contribution in [1.82, 2.24) is 10.0 Å². The van der Waals surface area contributed by atoms with Crippen molar-refractivity contribution < 1.29 is 13.2 Å². The molecule has 1 aromatic carbocycles. The lowest BCUT2D eigenvalue weighted by Crippen LogP contribution is -2.37. The molecule has 1 rings (SSSR count). The van der Waals surface area contributed by atoms with Gasteiger partial charge in [0.05, 0.1) is 11.4 Å². The molecule has 0 bridgehead atoms. The number of sulfonamides is 1.